The summed E-state index contributed by atoms with van der Waals surface area (Å²) in [6, 6.07) is 6.62. The van der Waals surface area contributed by atoms with Crippen molar-refractivity contribution in [3.8, 4) is 0 Å². The second-order valence-corrected chi connectivity index (χ2v) is 6.96. The van der Waals surface area contributed by atoms with Crippen LogP contribution >= 0.6 is 0 Å². The number of ether oxygens (including phenoxy) is 1. The molecule has 1 aliphatic heterocycles. The third-order valence-electron chi connectivity index (χ3n) is 3.91. The van der Waals surface area contributed by atoms with Gasteiger partial charge < -0.3 is 4.74 Å². The third kappa shape index (κ3) is 4.50. The molecule has 0 bridgehead atoms. The zero-order valence-corrected chi connectivity index (χ0v) is 14.0. The Morgan fingerprint density at radius 2 is 1.79 bits per heavy atom. The van der Waals surface area contributed by atoms with E-state index < -0.39 is 11.4 Å². The highest BCUT2D eigenvalue weighted by Crippen LogP contribution is 2.18. The Bertz CT molecular complexity index is 670. The minimum atomic E-state index is -0.562. The summed E-state index contributed by atoms with van der Waals surface area (Å²) < 4.78 is 5.02. The summed E-state index contributed by atoms with van der Waals surface area (Å²) in [5.74, 6) is -1.59. The van der Waals surface area contributed by atoms with Crippen molar-refractivity contribution >= 4 is 23.6 Å². The van der Waals surface area contributed by atoms with Crippen molar-refractivity contribution in [2.24, 2.45) is 11.3 Å². The maximum Gasteiger partial charge on any atom is 0.338 e. The van der Waals surface area contributed by atoms with Gasteiger partial charge in [-0.1, -0.05) is 32.9 Å². The molecule has 0 unspecified atom stereocenters. The van der Waals surface area contributed by atoms with Gasteiger partial charge >= 0.3 is 5.97 Å². The van der Waals surface area contributed by atoms with Crippen molar-refractivity contribution in [1.29, 1.82) is 0 Å². The number of hydrogen-bond donors (Lipinski definition) is 1. The Morgan fingerprint density at radius 1 is 1.17 bits per heavy atom. The molecule has 1 saturated heterocycles. The Kier molecular flexibility index (Phi) is 5.17. The number of hydrogen-bond acceptors (Lipinski definition) is 5. The fourth-order valence-electron chi connectivity index (χ4n) is 2.26. The van der Waals surface area contributed by atoms with E-state index in [1.807, 2.05) is 0 Å². The van der Waals surface area contributed by atoms with Gasteiger partial charge in [-0.15, -0.1) is 0 Å². The lowest BCUT2D eigenvalue weighted by Crippen LogP contribution is -2.26. The second kappa shape index (κ2) is 6.95. The molecule has 6 heteroatoms. The highest BCUT2D eigenvalue weighted by Gasteiger charge is 2.30. The molecule has 0 aliphatic carbocycles. The average Bonchev–Trinajstić information content (AvgIpc) is 2.82. The molecule has 24 heavy (non-hydrogen) atoms. The summed E-state index contributed by atoms with van der Waals surface area (Å²) in [7, 11) is 0. The van der Waals surface area contributed by atoms with Crippen LogP contribution in [0.1, 0.15) is 43.1 Å². The van der Waals surface area contributed by atoms with Gasteiger partial charge in [0.25, 0.3) is 0 Å². The molecule has 1 aromatic rings. The van der Waals surface area contributed by atoms with E-state index in [2.05, 4.69) is 5.32 Å². The van der Waals surface area contributed by atoms with Gasteiger partial charge in [0.05, 0.1) is 11.5 Å². The van der Waals surface area contributed by atoms with Gasteiger partial charge in [0, 0.05) is 11.8 Å². The van der Waals surface area contributed by atoms with Gasteiger partial charge in [-0.05, 0) is 24.1 Å². The fourth-order valence-corrected chi connectivity index (χ4v) is 2.26. The van der Waals surface area contributed by atoms with Gasteiger partial charge in [-0.3, -0.25) is 19.7 Å². The lowest BCUT2D eigenvalue weighted by Gasteiger charge is -2.16. The maximum atomic E-state index is 11.9. The first kappa shape index (κ1) is 17.8. The summed E-state index contributed by atoms with van der Waals surface area (Å²) in [5.41, 5.74) is 0.642. The van der Waals surface area contributed by atoms with Crippen molar-refractivity contribution in [1.82, 2.24) is 5.32 Å². The van der Waals surface area contributed by atoms with E-state index in [-0.39, 0.29) is 36.5 Å². The Balaban J connectivity index is 1.92. The molecule has 1 atom stereocenters. The number of nitrogens with one attached hydrogen (secondary N) is 1. The Morgan fingerprint density at radius 3 is 2.29 bits per heavy atom. The van der Waals surface area contributed by atoms with Crippen molar-refractivity contribution < 1.29 is 23.9 Å². The van der Waals surface area contributed by atoms with Crippen molar-refractivity contribution in [3.63, 3.8) is 0 Å². The number of esters is 1. The Hall–Kier alpha value is -2.50. The third-order valence-corrected chi connectivity index (χ3v) is 3.91. The minimum absolute atomic E-state index is 0.149. The molecular weight excluding hydrogens is 310 g/mol. The van der Waals surface area contributed by atoms with Crippen LogP contribution in [-0.4, -0.2) is 30.2 Å². The van der Waals surface area contributed by atoms with Crippen molar-refractivity contribution in [3.05, 3.63) is 35.4 Å². The monoisotopic (exact) mass is 331 g/mol. The van der Waals surface area contributed by atoms with Crippen LogP contribution in [0.2, 0.25) is 0 Å². The standard InChI is InChI=1S/C18H21NO5/c1-18(2,3)14(20)10-24-17(23)12-6-4-11(5-7-12)8-13-9-15(21)19-16(13)22/h4-7,13H,8-10H2,1-3H3,(H,19,21,22)/t13-/m0/s1. The highest BCUT2D eigenvalue weighted by atomic mass is 16.5. The number of ketones is 1. The fraction of sp³-hybridized carbons (Fsp3) is 0.444. The first-order chi connectivity index (χ1) is 11.2. The number of carbonyl (C=O) groups excluding carboxylic acids is 4. The summed E-state index contributed by atoms with van der Waals surface area (Å²) in [5, 5.41) is 2.27. The van der Waals surface area contributed by atoms with Crippen LogP contribution in [0.25, 0.3) is 0 Å². The van der Waals surface area contributed by atoms with Crippen LogP contribution in [-0.2, 0) is 25.5 Å². The molecule has 6 nitrogen and oxygen atoms in total. The van der Waals surface area contributed by atoms with Crippen LogP contribution in [0, 0.1) is 11.3 Å². The molecule has 0 saturated carbocycles. The number of benzene rings is 1. The number of rotatable bonds is 5. The zero-order valence-electron chi connectivity index (χ0n) is 14.0. The highest BCUT2D eigenvalue weighted by molar-refractivity contribution is 6.03. The number of carbonyl (C=O) groups is 4. The molecule has 0 aromatic heterocycles. The van der Waals surface area contributed by atoms with E-state index >= 15 is 0 Å². The topological polar surface area (TPSA) is 89.5 Å². The Labute approximate surface area is 140 Å². The molecule has 2 amide bonds. The molecule has 1 aromatic carbocycles. The summed E-state index contributed by atoms with van der Waals surface area (Å²) >= 11 is 0. The first-order valence-electron chi connectivity index (χ1n) is 7.80. The van der Waals surface area contributed by atoms with E-state index in [9.17, 15) is 19.2 Å². The van der Waals surface area contributed by atoms with E-state index in [0.717, 1.165) is 5.56 Å². The van der Waals surface area contributed by atoms with Crippen LogP contribution in [0.3, 0.4) is 0 Å². The summed E-state index contributed by atoms with van der Waals surface area (Å²) in [6.45, 7) is 5.04. The second-order valence-electron chi connectivity index (χ2n) is 6.96. The zero-order chi connectivity index (χ0) is 17.9. The largest absolute Gasteiger partial charge is 0.454 e. The number of imide groups is 1. The van der Waals surface area contributed by atoms with Crippen molar-refractivity contribution in [2.75, 3.05) is 6.61 Å². The minimum Gasteiger partial charge on any atom is -0.454 e. The quantitative estimate of drug-likeness (QED) is 0.655. The average molecular weight is 331 g/mol. The molecule has 1 heterocycles. The lowest BCUT2D eigenvalue weighted by atomic mass is 9.91. The van der Waals surface area contributed by atoms with Crippen LogP contribution < -0.4 is 5.32 Å². The van der Waals surface area contributed by atoms with Gasteiger partial charge in [-0.2, -0.15) is 0 Å². The smallest absolute Gasteiger partial charge is 0.338 e. The molecule has 2 rings (SSSR count). The van der Waals surface area contributed by atoms with E-state index in [1.165, 1.54) is 0 Å². The number of Topliss-reactive ketones (excluding diaryl/α,β-unsaturated/α-hetero) is 1. The van der Waals surface area contributed by atoms with Gasteiger partial charge in [0.15, 0.2) is 12.4 Å². The van der Waals surface area contributed by atoms with Gasteiger partial charge in [0.1, 0.15) is 0 Å². The van der Waals surface area contributed by atoms with Crippen LogP contribution in [0.15, 0.2) is 24.3 Å². The van der Waals surface area contributed by atoms with Crippen LogP contribution in [0.5, 0.6) is 0 Å². The SMILES string of the molecule is CC(C)(C)C(=O)COC(=O)c1ccc(C[C@H]2CC(=O)NC2=O)cc1. The molecule has 1 aliphatic rings. The maximum absolute atomic E-state index is 11.9. The molecule has 0 spiro atoms. The van der Waals surface area contributed by atoms with E-state index in [0.29, 0.717) is 12.0 Å². The normalized spacial score (nSPS) is 17.5. The lowest BCUT2D eigenvalue weighted by molar-refractivity contribution is -0.129. The predicted octanol–water partition coefficient (Wildman–Crippen LogP) is 1.66. The van der Waals surface area contributed by atoms with Crippen LogP contribution in [0.4, 0.5) is 0 Å². The summed E-state index contributed by atoms with van der Waals surface area (Å²) in [6.07, 6.45) is 0.632. The summed E-state index contributed by atoms with van der Waals surface area (Å²) in [4.78, 5) is 46.4. The first-order valence-corrected chi connectivity index (χ1v) is 7.80. The molecule has 1 fully saturated rings. The molecule has 0 radical (unpaired) electrons. The molecular formula is C18H21NO5. The van der Waals surface area contributed by atoms with E-state index in [4.69, 9.17) is 4.74 Å². The van der Waals surface area contributed by atoms with Gasteiger partial charge in [-0.25, -0.2) is 4.79 Å². The molecule has 128 valence electrons. The van der Waals surface area contributed by atoms with Gasteiger partial charge in [0.2, 0.25) is 11.8 Å². The predicted molar refractivity (Wildman–Crippen MR) is 86.1 cm³/mol. The molecule has 1 N–H and O–H groups in total. The van der Waals surface area contributed by atoms with Crippen molar-refractivity contribution in [2.45, 2.75) is 33.6 Å². The number of amides is 2. The van der Waals surface area contributed by atoms with E-state index in [1.54, 1.807) is 45.0 Å².